The predicted octanol–water partition coefficient (Wildman–Crippen LogP) is 4.39. The van der Waals surface area contributed by atoms with Crippen LogP contribution in [0.25, 0.3) is 0 Å². The lowest BCUT2D eigenvalue weighted by molar-refractivity contribution is 0.377. The first kappa shape index (κ1) is 14.2. The molecule has 0 spiro atoms. The van der Waals surface area contributed by atoms with Crippen molar-refractivity contribution in [3.63, 3.8) is 0 Å². The second kappa shape index (κ2) is 6.80. The van der Waals surface area contributed by atoms with Crippen molar-refractivity contribution in [2.24, 2.45) is 5.92 Å². The van der Waals surface area contributed by atoms with Crippen LogP contribution < -0.4 is 5.32 Å². The average molecular weight is 233 g/mol. The van der Waals surface area contributed by atoms with Crippen LogP contribution in [0.5, 0.6) is 0 Å². The number of aryl methyl sites for hydroxylation is 2. The van der Waals surface area contributed by atoms with Gasteiger partial charge in [-0.1, -0.05) is 45.4 Å². The van der Waals surface area contributed by atoms with E-state index >= 15 is 0 Å². The number of nitrogens with one attached hydrogen (secondary N) is 1. The molecule has 0 aliphatic carbocycles. The summed E-state index contributed by atoms with van der Waals surface area (Å²) in [5.74, 6) is 0.684. The minimum atomic E-state index is 0.499. The van der Waals surface area contributed by atoms with E-state index in [0.717, 1.165) is 6.54 Å². The largest absolute Gasteiger partial charge is 0.310 e. The van der Waals surface area contributed by atoms with Crippen molar-refractivity contribution in [2.45, 2.75) is 53.5 Å². The van der Waals surface area contributed by atoms with Crippen molar-refractivity contribution in [3.05, 3.63) is 34.9 Å². The molecular formula is C16H27N. The topological polar surface area (TPSA) is 12.0 Å². The molecule has 1 aromatic carbocycles. The van der Waals surface area contributed by atoms with Gasteiger partial charge in [-0.05, 0) is 49.4 Å². The lowest BCUT2D eigenvalue weighted by atomic mass is 9.90. The second-order valence-electron chi connectivity index (χ2n) is 5.16. The summed E-state index contributed by atoms with van der Waals surface area (Å²) in [7, 11) is 0. The van der Waals surface area contributed by atoms with Crippen LogP contribution in [0.15, 0.2) is 18.2 Å². The number of rotatable bonds is 6. The lowest BCUT2D eigenvalue weighted by Gasteiger charge is -2.25. The molecule has 0 saturated heterocycles. The fourth-order valence-electron chi connectivity index (χ4n) is 2.14. The van der Waals surface area contributed by atoms with Crippen LogP contribution in [0.1, 0.15) is 56.3 Å². The van der Waals surface area contributed by atoms with Crippen molar-refractivity contribution in [3.8, 4) is 0 Å². The zero-order valence-electron chi connectivity index (χ0n) is 12.0. The van der Waals surface area contributed by atoms with E-state index in [-0.39, 0.29) is 0 Å². The van der Waals surface area contributed by atoms with E-state index in [1.165, 1.54) is 29.5 Å². The summed E-state index contributed by atoms with van der Waals surface area (Å²) < 4.78 is 0. The van der Waals surface area contributed by atoms with E-state index in [9.17, 15) is 0 Å². The van der Waals surface area contributed by atoms with Gasteiger partial charge in [-0.15, -0.1) is 0 Å². The van der Waals surface area contributed by atoms with Gasteiger partial charge in [0, 0.05) is 6.04 Å². The molecule has 0 fully saturated rings. The Labute approximate surface area is 107 Å². The van der Waals surface area contributed by atoms with Gasteiger partial charge in [0.25, 0.3) is 0 Å². The highest BCUT2D eigenvalue weighted by molar-refractivity contribution is 5.32. The fourth-order valence-corrected chi connectivity index (χ4v) is 2.14. The van der Waals surface area contributed by atoms with Crippen LogP contribution in [-0.2, 0) is 0 Å². The van der Waals surface area contributed by atoms with Crippen LogP contribution in [0.3, 0.4) is 0 Å². The van der Waals surface area contributed by atoms with Crippen molar-refractivity contribution in [1.29, 1.82) is 0 Å². The molecule has 0 aliphatic heterocycles. The second-order valence-corrected chi connectivity index (χ2v) is 5.16. The summed E-state index contributed by atoms with van der Waals surface area (Å²) in [4.78, 5) is 0. The molecule has 17 heavy (non-hydrogen) atoms. The third-order valence-electron chi connectivity index (χ3n) is 3.72. The molecule has 0 aliphatic rings. The Morgan fingerprint density at radius 2 is 1.82 bits per heavy atom. The highest BCUT2D eigenvalue weighted by Crippen LogP contribution is 2.25. The van der Waals surface area contributed by atoms with Gasteiger partial charge in [-0.3, -0.25) is 0 Å². The van der Waals surface area contributed by atoms with Crippen LogP contribution in [0, 0.1) is 19.8 Å². The van der Waals surface area contributed by atoms with E-state index in [4.69, 9.17) is 0 Å². The molecule has 0 heterocycles. The fraction of sp³-hybridized carbons (Fsp3) is 0.625. The van der Waals surface area contributed by atoms with Gasteiger partial charge in [0.2, 0.25) is 0 Å². The van der Waals surface area contributed by atoms with Crippen LogP contribution >= 0.6 is 0 Å². The summed E-state index contributed by atoms with van der Waals surface area (Å²) in [6.07, 6.45) is 2.41. The van der Waals surface area contributed by atoms with Gasteiger partial charge in [0.1, 0.15) is 0 Å². The molecule has 1 rings (SSSR count). The lowest BCUT2D eigenvalue weighted by Crippen LogP contribution is -2.27. The highest BCUT2D eigenvalue weighted by atomic mass is 14.9. The molecule has 0 radical (unpaired) electrons. The molecule has 1 aromatic rings. The first-order chi connectivity index (χ1) is 8.10. The van der Waals surface area contributed by atoms with E-state index in [1.54, 1.807) is 0 Å². The van der Waals surface area contributed by atoms with E-state index in [0.29, 0.717) is 12.0 Å². The average Bonchev–Trinajstić information content (AvgIpc) is 2.33. The maximum absolute atomic E-state index is 3.68. The molecule has 1 nitrogen and oxygen atoms in total. The molecule has 0 amide bonds. The van der Waals surface area contributed by atoms with E-state index < -0.39 is 0 Å². The molecule has 2 atom stereocenters. The van der Waals surface area contributed by atoms with Gasteiger partial charge in [0.05, 0.1) is 0 Å². The maximum Gasteiger partial charge on any atom is 0.0346 e. The monoisotopic (exact) mass is 233 g/mol. The van der Waals surface area contributed by atoms with Crippen LogP contribution in [-0.4, -0.2) is 6.54 Å². The minimum absolute atomic E-state index is 0.499. The minimum Gasteiger partial charge on any atom is -0.310 e. The third kappa shape index (κ3) is 3.85. The number of hydrogen-bond acceptors (Lipinski definition) is 1. The molecule has 0 bridgehead atoms. The summed E-state index contributed by atoms with van der Waals surface area (Å²) in [6.45, 7) is 12.3. The molecule has 96 valence electrons. The van der Waals surface area contributed by atoms with Gasteiger partial charge < -0.3 is 5.32 Å². The quantitative estimate of drug-likeness (QED) is 0.768. The zero-order valence-corrected chi connectivity index (χ0v) is 12.0. The van der Waals surface area contributed by atoms with Gasteiger partial charge >= 0.3 is 0 Å². The Bertz CT molecular complexity index is 343. The van der Waals surface area contributed by atoms with Crippen molar-refractivity contribution in [1.82, 2.24) is 5.32 Å². The van der Waals surface area contributed by atoms with Crippen LogP contribution in [0.2, 0.25) is 0 Å². The first-order valence-electron chi connectivity index (χ1n) is 6.90. The molecule has 1 heteroatoms. The molecule has 2 unspecified atom stereocenters. The Balaban J connectivity index is 2.91. The molecule has 1 N–H and O–H groups in total. The summed E-state index contributed by atoms with van der Waals surface area (Å²) in [6, 6.07) is 7.36. The van der Waals surface area contributed by atoms with Crippen LogP contribution in [0.4, 0.5) is 0 Å². The SMILES string of the molecule is CCCNC(c1ccc(C)c(C)c1)C(C)CC. The van der Waals surface area contributed by atoms with Gasteiger partial charge in [0.15, 0.2) is 0 Å². The summed E-state index contributed by atoms with van der Waals surface area (Å²) in [5.41, 5.74) is 4.22. The maximum atomic E-state index is 3.68. The standard InChI is InChI=1S/C16H27N/c1-6-10-17-16(12(3)7-2)15-9-8-13(4)14(5)11-15/h8-9,11-12,16-17H,6-7,10H2,1-5H3. The Hall–Kier alpha value is -0.820. The van der Waals surface area contributed by atoms with Crippen molar-refractivity contribution < 1.29 is 0 Å². The Morgan fingerprint density at radius 3 is 2.35 bits per heavy atom. The van der Waals surface area contributed by atoms with E-state index in [2.05, 4.69) is 58.1 Å². The van der Waals surface area contributed by atoms with Crippen molar-refractivity contribution >= 4 is 0 Å². The molecule has 0 saturated carbocycles. The smallest absolute Gasteiger partial charge is 0.0346 e. The van der Waals surface area contributed by atoms with Gasteiger partial charge in [-0.25, -0.2) is 0 Å². The molecule has 0 aromatic heterocycles. The first-order valence-corrected chi connectivity index (χ1v) is 6.90. The number of hydrogen-bond donors (Lipinski definition) is 1. The summed E-state index contributed by atoms with van der Waals surface area (Å²) in [5, 5.41) is 3.68. The number of benzene rings is 1. The summed E-state index contributed by atoms with van der Waals surface area (Å²) >= 11 is 0. The molecular weight excluding hydrogens is 206 g/mol. The Kier molecular flexibility index (Phi) is 5.70. The normalized spacial score (nSPS) is 14.6. The van der Waals surface area contributed by atoms with E-state index in [1.807, 2.05) is 0 Å². The van der Waals surface area contributed by atoms with Crippen molar-refractivity contribution in [2.75, 3.05) is 6.54 Å². The highest BCUT2D eigenvalue weighted by Gasteiger charge is 2.17. The van der Waals surface area contributed by atoms with Gasteiger partial charge in [-0.2, -0.15) is 0 Å². The third-order valence-corrected chi connectivity index (χ3v) is 3.72. The Morgan fingerprint density at radius 1 is 1.12 bits per heavy atom. The zero-order chi connectivity index (χ0) is 12.8. The predicted molar refractivity (Wildman–Crippen MR) is 76.4 cm³/mol.